The number of benzene rings is 1. The van der Waals surface area contributed by atoms with Gasteiger partial charge < -0.3 is 11.5 Å². The first-order valence-electron chi connectivity index (χ1n) is 6.09. The van der Waals surface area contributed by atoms with E-state index >= 15 is 0 Å². The molecular formula is C13H15N3O2. The van der Waals surface area contributed by atoms with Crippen LogP contribution in [0.15, 0.2) is 18.2 Å². The Hall–Kier alpha value is -2.04. The summed E-state index contributed by atoms with van der Waals surface area (Å²) in [5, 5.41) is 0. The van der Waals surface area contributed by atoms with Crippen molar-refractivity contribution < 1.29 is 9.59 Å². The third-order valence-electron chi connectivity index (χ3n) is 3.79. The second-order valence-corrected chi connectivity index (χ2v) is 5.02. The lowest BCUT2D eigenvalue weighted by atomic mass is 10.0. The maximum Gasteiger partial charge on any atom is 0.319 e. The minimum Gasteiger partial charge on any atom is -0.366 e. The molecule has 1 unspecified atom stereocenters. The van der Waals surface area contributed by atoms with Crippen LogP contribution in [-0.2, 0) is 6.42 Å². The number of nitrogens with two attached hydrogens (primary N) is 2. The normalized spacial score (nSPS) is 21.8. The predicted octanol–water partition coefficient (Wildman–Crippen LogP) is 1.01. The number of hydrogen-bond acceptors (Lipinski definition) is 2. The second-order valence-electron chi connectivity index (χ2n) is 5.02. The number of amides is 3. The highest BCUT2D eigenvalue weighted by Gasteiger charge is 2.42. The van der Waals surface area contributed by atoms with Crippen LogP contribution in [0.25, 0.3) is 0 Å². The van der Waals surface area contributed by atoms with E-state index in [4.69, 9.17) is 11.5 Å². The molecule has 18 heavy (non-hydrogen) atoms. The molecule has 0 saturated heterocycles. The number of primary amides is 2. The summed E-state index contributed by atoms with van der Waals surface area (Å²) in [6.45, 7) is 0. The van der Waals surface area contributed by atoms with Crippen molar-refractivity contribution in [1.29, 1.82) is 0 Å². The van der Waals surface area contributed by atoms with Gasteiger partial charge in [-0.1, -0.05) is 0 Å². The van der Waals surface area contributed by atoms with Crippen molar-refractivity contribution in [2.75, 3.05) is 4.90 Å². The van der Waals surface area contributed by atoms with Gasteiger partial charge in [-0.25, -0.2) is 4.79 Å². The van der Waals surface area contributed by atoms with Crippen LogP contribution in [0, 0.1) is 5.92 Å². The van der Waals surface area contributed by atoms with Gasteiger partial charge in [-0.3, -0.25) is 9.69 Å². The zero-order valence-electron chi connectivity index (χ0n) is 9.93. The van der Waals surface area contributed by atoms with Crippen LogP contribution >= 0.6 is 0 Å². The van der Waals surface area contributed by atoms with Gasteiger partial charge >= 0.3 is 6.03 Å². The Labute approximate surface area is 105 Å². The van der Waals surface area contributed by atoms with E-state index in [1.807, 2.05) is 0 Å². The quantitative estimate of drug-likeness (QED) is 0.814. The van der Waals surface area contributed by atoms with Crippen LogP contribution in [-0.4, -0.2) is 18.0 Å². The molecule has 1 atom stereocenters. The summed E-state index contributed by atoms with van der Waals surface area (Å²) in [7, 11) is 0. The average molecular weight is 245 g/mol. The summed E-state index contributed by atoms with van der Waals surface area (Å²) in [4.78, 5) is 24.4. The van der Waals surface area contributed by atoms with Crippen LogP contribution in [0.3, 0.4) is 0 Å². The molecule has 0 bridgehead atoms. The van der Waals surface area contributed by atoms with Gasteiger partial charge in [0.1, 0.15) is 0 Å². The fourth-order valence-electron chi connectivity index (χ4n) is 2.77. The van der Waals surface area contributed by atoms with Crippen molar-refractivity contribution in [3.63, 3.8) is 0 Å². The molecule has 1 fully saturated rings. The van der Waals surface area contributed by atoms with E-state index in [9.17, 15) is 9.59 Å². The third kappa shape index (κ3) is 1.63. The first-order chi connectivity index (χ1) is 8.58. The van der Waals surface area contributed by atoms with Gasteiger partial charge in [0.2, 0.25) is 5.91 Å². The Morgan fingerprint density at radius 1 is 1.22 bits per heavy atom. The van der Waals surface area contributed by atoms with Gasteiger partial charge in [0, 0.05) is 17.3 Å². The van der Waals surface area contributed by atoms with E-state index in [0.29, 0.717) is 11.5 Å². The highest BCUT2D eigenvalue weighted by atomic mass is 16.2. The summed E-state index contributed by atoms with van der Waals surface area (Å²) < 4.78 is 0. The molecule has 0 radical (unpaired) electrons. The molecule has 1 heterocycles. The molecule has 0 aromatic heterocycles. The van der Waals surface area contributed by atoms with E-state index in [0.717, 1.165) is 30.5 Å². The maximum absolute atomic E-state index is 11.6. The lowest BCUT2D eigenvalue weighted by Gasteiger charge is -2.23. The number of carbonyl (C=O) groups is 2. The molecule has 1 aliphatic carbocycles. The topological polar surface area (TPSA) is 89.4 Å². The van der Waals surface area contributed by atoms with E-state index in [1.54, 1.807) is 23.1 Å². The summed E-state index contributed by atoms with van der Waals surface area (Å²) in [5.74, 6) is 0.0974. The van der Waals surface area contributed by atoms with Crippen LogP contribution in [0.2, 0.25) is 0 Å². The fraction of sp³-hybridized carbons (Fsp3) is 0.385. The highest BCUT2D eigenvalue weighted by molar-refractivity contribution is 5.97. The number of carbonyl (C=O) groups excluding carboxylic acids is 2. The van der Waals surface area contributed by atoms with Gasteiger partial charge in [0.15, 0.2) is 0 Å². The minimum atomic E-state index is -0.446. The van der Waals surface area contributed by atoms with E-state index < -0.39 is 11.9 Å². The molecule has 94 valence electrons. The van der Waals surface area contributed by atoms with Gasteiger partial charge in [0.05, 0.1) is 0 Å². The van der Waals surface area contributed by atoms with Crippen LogP contribution < -0.4 is 16.4 Å². The summed E-state index contributed by atoms with van der Waals surface area (Å²) in [6.07, 6.45) is 3.06. The summed E-state index contributed by atoms with van der Waals surface area (Å²) in [5.41, 5.74) is 13.0. The van der Waals surface area contributed by atoms with Gasteiger partial charge in [-0.15, -0.1) is 0 Å². The summed E-state index contributed by atoms with van der Waals surface area (Å²) in [6, 6.07) is 4.92. The van der Waals surface area contributed by atoms with Crippen molar-refractivity contribution >= 4 is 17.6 Å². The van der Waals surface area contributed by atoms with Crippen LogP contribution in [0.1, 0.15) is 28.8 Å². The second kappa shape index (κ2) is 3.73. The number of anilines is 1. The molecule has 5 nitrogen and oxygen atoms in total. The molecule has 1 aliphatic heterocycles. The Kier molecular flexibility index (Phi) is 2.29. The van der Waals surface area contributed by atoms with Crippen molar-refractivity contribution in [3.8, 4) is 0 Å². The molecule has 5 heteroatoms. The van der Waals surface area contributed by atoms with Gasteiger partial charge in [-0.05, 0) is 48.9 Å². The predicted molar refractivity (Wildman–Crippen MR) is 67.2 cm³/mol. The molecule has 1 aromatic carbocycles. The number of rotatable bonds is 2. The molecule has 3 rings (SSSR count). The van der Waals surface area contributed by atoms with E-state index in [2.05, 4.69) is 0 Å². The smallest absolute Gasteiger partial charge is 0.319 e. The average Bonchev–Trinajstić information content (AvgIpc) is 3.08. The SMILES string of the molecule is NC(=O)c1ccc2c(c1)CC(C1CC1)N2C(N)=O. The van der Waals surface area contributed by atoms with E-state index in [1.165, 1.54) is 0 Å². The third-order valence-corrected chi connectivity index (χ3v) is 3.79. The largest absolute Gasteiger partial charge is 0.366 e. The zero-order chi connectivity index (χ0) is 12.9. The highest BCUT2D eigenvalue weighted by Crippen LogP contribution is 2.44. The number of fused-ring (bicyclic) bond motifs is 1. The lowest BCUT2D eigenvalue weighted by molar-refractivity contribution is 0.1000. The van der Waals surface area contributed by atoms with Crippen LogP contribution in [0.5, 0.6) is 0 Å². The number of hydrogen-bond donors (Lipinski definition) is 2. The van der Waals surface area contributed by atoms with Crippen molar-refractivity contribution in [2.45, 2.75) is 25.3 Å². The van der Waals surface area contributed by atoms with Gasteiger partial charge in [-0.2, -0.15) is 0 Å². The Bertz CT molecular complexity index is 537. The molecule has 1 saturated carbocycles. The molecular weight excluding hydrogens is 230 g/mol. The van der Waals surface area contributed by atoms with Crippen molar-refractivity contribution in [2.24, 2.45) is 17.4 Å². The Balaban J connectivity index is 2.01. The first-order valence-corrected chi connectivity index (χ1v) is 6.09. The molecule has 1 aromatic rings. The molecule has 2 aliphatic rings. The minimum absolute atomic E-state index is 0.153. The van der Waals surface area contributed by atoms with Crippen LogP contribution in [0.4, 0.5) is 10.5 Å². The molecule has 0 spiro atoms. The monoisotopic (exact) mass is 245 g/mol. The van der Waals surface area contributed by atoms with Gasteiger partial charge in [0.25, 0.3) is 0 Å². The molecule has 4 N–H and O–H groups in total. The van der Waals surface area contributed by atoms with E-state index in [-0.39, 0.29) is 6.04 Å². The zero-order valence-corrected chi connectivity index (χ0v) is 9.93. The fourth-order valence-corrected chi connectivity index (χ4v) is 2.77. The summed E-state index contributed by atoms with van der Waals surface area (Å²) >= 11 is 0. The van der Waals surface area contributed by atoms with Crippen molar-refractivity contribution in [3.05, 3.63) is 29.3 Å². The number of nitrogens with zero attached hydrogens (tertiary/aromatic N) is 1. The Morgan fingerprint density at radius 2 is 1.94 bits per heavy atom. The van der Waals surface area contributed by atoms with Crippen molar-refractivity contribution in [1.82, 2.24) is 0 Å². The maximum atomic E-state index is 11.6. The standard InChI is InChI=1S/C13H15N3O2/c14-12(17)8-3-4-10-9(5-8)6-11(7-1-2-7)16(10)13(15)18/h3-5,7,11H,1-2,6H2,(H2,14,17)(H2,15,18). The Morgan fingerprint density at radius 3 is 2.50 bits per heavy atom. The lowest BCUT2D eigenvalue weighted by Crippen LogP contribution is -2.42. The number of urea groups is 1. The first kappa shape index (κ1) is 11.1. The molecule has 3 amide bonds.